The summed E-state index contributed by atoms with van der Waals surface area (Å²) in [4.78, 5) is 50.7. The van der Waals surface area contributed by atoms with Gasteiger partial charge in [0.25, 0.3) is 0 Å². The van der Waals surface area contributed by atoms with E-state index in [4.69, 9.17) is 42.1 Å². The fourth-order valence-electron chi connectivity index (χ4n) is 6.23. The quantitative estimate of drug-likeness (QED) is 0.138. The molecule has 2 heterocycles. The molecule has 3 fully saturated rings. The Bertz CT molecular complexity index is 949. The average Bonchev–Trinajstić information content (AvgIpc) is 2.85. The van der Waals surface area contributed by atoms with Gasteiger partial charge in [0.15, 0.2) is 0 Å². The van der Waals surface area contributed by atoms with E-state index < -0.39 is 46.9 Å². The van der Waals surface area contributed by atoms with Crippen molar-refractivity contribution in [2.45, 2.75) is 133 Å². The van der Waals surface area contributed by atoms with Gasteiger partial charge in [-0.15, -0.1) is 23.2 Å². The van der Waals surface area contributed by atoms with E-state index in [1.165, 1.54) is 0 Å². The minimum Gasteiger partial charge on any atom is -0.465 e. The molecular weight excluding hydrogens is 571 g/mol. The Labute approximate surface area is 254 Å². The molecule has 1 aliphatic carbocycles. The van der Waals surface area contributed by atoms with Gasteiger partial charge in [-0.05, 0) is 84.5 Å². The lowest BCUT2D eigenvalue weighted by Crippen LogP contribution is -2.47. The summed E-state index contributed by atoms with van der Waals surface area (Å²) in [6.07, 6.45) is 7.14. The van der Waals surface area contributed by atoms with Crippen LogP contribution < -0.4 is 0 Å². The number of hydrogen-bond acceptors (Lipinski definition) is 8. The highest BCUT2D eigenvalue weighted by Crippen LogP contribution is 2.41. The van der Waals surface area contributed by atoms with Crippen LogP contribution in [0.25, 0.3) is 0 Å². The van der Waals surface area contributed by atoms with Gasteiger partial charge in [-0.2, -0.15) is 0 Å². The summed E-state index contributed by atoms with van der Waals surface area (Å²) in [7, 11) is 0. The first-order chi connectivity index (χ1) is 19.1. The number of cyclic esters (lactones) is 2. The predicted molar refractivity (Wildman–Crippen MR) is 156 cm³/mol. The fourth-order valence-corrected chi connectivity index (χ4v) is 6.62. The van der Waals surface area contributed by atoms with Crippen molar-refractivity contribution in [3.8, 4) is 0 Å². The van der Waals surface area contributed by atoms with Crippen LogP contribution in [-0.4, -0.2) is 58.5 Å². The maximum atomic E-state index is 13.6. The molecule has 0 bridgehead atoms. The molecule has 7 atom stereocenters. The summed E-state index contributed by atoms with van der Waals surface area (Å²) < 4.78 is 21.9. The largest absolute Gasteiger partial charge is 0.465 e. The first-order valence-electron chi connectivity index (χ1n) is 15.2. The second-order valence-electron chi connectivity index (χ2n) is 13.6. The smallest absolute Gasteiger partial charge is 0.310 e. The number of esters is 4. The second kappa shape index (κ2) is 14.3. The van der Waals surface area contributed by atoms with Crippen LogP contribution in [0.5, 0.6) is 0 Å². The third-order valence-corrected chi connectivity index (χ3v) is 9.82. The van der Waals surface area contributed by atoms with E-state index in [2.05, 4.69) is 6.92 Å². The zero-order valence-electron chi connectivity index (χ0n) is 25.3. The molecule has 2 aliphatic heterocycles. The van der Waals surface area contributed by atoms with Crippen LogP contribution in [0.1, 0.15) is 112 Å². The molecule has 234 valence electrons. The molecule has 3 rings (SSSR count). The lowest BCUT2D eigenvalue weighted by molar-refractivity contribution is -0.191. The van der Waals surface area contributed by atoms with Crippen LogP contribution in [0.2, 0.25) is 0 Å². The van der Waals surface area contributed by atoms with Crippen molar-refractivity contribution in [3.05, 3.63) is 0 Å². The Kier molecular flexibility index (Phi) is 11.8. The normalized spacial score (nSPS) is 32.3. The van der Waals surface area contributed by atoms with E-state index in [-0.39, 0.29) is 42.2 Å². The molecule has 0 aromatic heterocycles. The SMILES string of the molecule is CC(CCCC(C)(C)Cl)C(Cl)CCC1CCC(C(=O)OC2(C)CCOC(=O)C2)C(C(=O)OC2(C)CCOC(=O)C2)C1. The lowest BCUT2D eigenvalue weighted by atomic mass is 9.72. The summed E-state index contributed by atoms with van der Waals surface area (Å²) in [6.45, 7) is 10.1. The Morgan fingerprint density at radius 3 is 2.00 bits per heavy atom. The minimum absolute atomic E-state index is 0.0128. The van der Waals surface area contributed by atoms with E-state index in [0.29, 0.717) is 31.6 Å². The van der Waals surface area contributed by atoms with E-state index in [1.807, 2.05) is 13.8 Å². The van der Waals surface area contributed by atoms with Crippen molar-refractivity contribution < 1.29 is 38.1 Å². The maximum Gasteiger partial charge on any atom is 0.310 e. The van der Waals surface area contributed by atoms with Crippen molar-refractivity contribution >= 4 is 47.1 Å². The molecule has 41 heavy (non-hydrogen) atoms. The molecular formula is C31H48Cl2O8. The Morgan fingerprint density at radius 1 is 0.951 bits per heavy atom. The summed E-state index contributed by atoms with van der Waals surface area (Å²) in [5.41, 5.74) is -1.93. The molecule has 0 aromatic rings. The van der Waals surface area contributed by atoms with E-state index >= 15 is 0 Å². The van der Waals surface area contributed by atoms with Gasteiger partial charge in [0.1, 0.15) is 11.2 Å². The van der Waals surface area contributed by atoms with Crippen molar-refractivity contribution in [3.63, 3.8) is 0 Å². The van der Waals surface area contributed by atoms with Gasteiger partial charge >= 0.3 is 23.9 Å². The molecule has 7 unspecified atom stereocenters. The molecule has 10 heteroatoms. The third kappa shape index (κ3) is 10.6. The van der Waals surface area contributed by atoms with Crippen molar-refractivity contribution in [1.82, 2.24) is 0 Å². The standard InChI is InChI=1S/C31H48Cl2O8/c1-20(7-6-12-29(2,3)33)24(32)11-9-21-8-10-22(27(36)40-30(4)13-15-38-25(34)18-30)23(17-21)28(37)41-31(5)14-16-39-26(35)19-31/h20-24H,6-19H2,1-5H3. The van der Waals surface area contributed by atoms with Crippen molar-refractivity contribution in [2.24, 2.45) is 23.7 Å². The maximum absolute atomic E-state index is 13.6. The van der Waals surface area contributed by atoms with Gasteiger partial charge in [-0.1, -0.05) is 13.3 Å². The monoisotopic (exact) mass is 618 g/mol. The molecule has 8 nitrogen and oxygen atoms in total. The molecule has 1 saturated carbocycles. The highest BCUT2D eigenvalue weighted by Gasteiger charge is 2.47. The zero-order chi connectivity index (χ0) is 30.4. The molecule has 0 radical (unpaired) electrons. The zero-order valence-corrected chi connectivity index (χ0v) is 26.8. The van der Waals surface area contributed by atoms with Gasteiger partial charge in [-0.3, -0.25) is 19.2 Å². The molecule has 3 aliphatic rings. The van der Waals surface area contributed by atoms with Gasteiger partial charge in [0.05, 0.1) is 37.9 Å². The van der Waals surface area contributed by atoms with Gasteiger partial charge in [0.2, 0.25) is 0 Å². The van der Waals surface area contributed by atoms with E-state index in [1.54, 1.807) is 13.8 Å². The molecule has 0 aromatic carbocycles. The summed E-state index contributed by atoms with van der Waals surface area (Å²) >= 11 is 13.1. The van der Waals surface area contributed by atoms with Gasteiger partial charge in [0, 0.05) is 23.1 Å². The number of carbonyl (C=O) groups excluding carboxylic acids is 4. The predicted octanol–water partition coefficient (Wildman–Crippen LogP) is 6.51. The van der Waals surface area contributed by atoms with Crippen LogP contribution in [0.15, 0.2) is 0 Å². The lowest BCUT2D eigenvalue weighted by Gasteiger charge is -2.39. The number of halogens is 2. The highest BCUT2D eigenvalue weighted by atomic mass is 35.5. The van der Waals surface area contributed by atoms with Gasteiger partial charge in [-0.25, -0.2) is 0 Å². The Morgan fingerprint density at radius 2 is 1.49 bits per heavy atom. The van der Waals surface area contributed by atoms with Crippen LogP contribution in [-0.2, 0) is 38.1 Å². The average molecular weight is 620 g/mol. The minimum atomic E-state index is -0.971. The van der Waals surface area contributed by atoms with Crippen molar-refractivity contribution in [2.75, 3.05) is 13.2 Å². The molecule has 0 N–H and O–H groups in total. The van der Waals surface area contributed by atoms with Crippen LogP contribution >= 0.6 is 23.2 Å². The summed E-state index contributed by atoms with van der Waals surface area (Å²) in [5.74, 6) is -2.61. The topological polar surface area (TPSA) is 105 Å². The number of ether oxygens (including phenoxy) is 4. The molecule has 0 amide bonds. The third-order valence-electron chi connectivity index (χ3n) is 8.98. The first-order valence-corrected chi connectivity index (χ1v) is 16.0. The molecule has 0 spiro atoms. The Balaban J connectivity index is 1.64. The van der Waals surface area contributed by atoms with Crippen molar-refractivity contribution in [1.29, 1.82) is 0 Å². The number of rotatable bonds is 12. The Hall–Kier alpha value is -1.54. The van der Waals surface area contributed by atoms with Crippen LogP contribution in [0.4, 0.5) is 0 Å². The van der Waals surface area contributed by atoms with E-state index in [9.17, 15) is 19.2 Å². The number of hydrogen-bond donors (Lipinski definition) is 0. The van der Waals surface area contributed by atoms with E-state index in [0.717, 1.165) is 38.5 Å². The second-order valence-corrected chi connectivity index (χ2v) is 15.2. The summed E-state index contributed by atoms with van der Waals surface area (Å²) in [5, 5.41) is 0.0136. The fraction of sp³-hybridized carbons (Fsp3) is 0.871. The van der Waals surface area contributed by atoms with Crippen LogP contribution in [0, 0.1) is 23.7 Å². The highest BCUT2D eigenvalue weighted by molar-refractivity contribution is 6.23. The number of alkyl halides is 2. The molecule has 2 saturated heterocycles. The number of carbonyl (C=O) groups is 4. The van der Waals surface area contributed by atoms with Gasteiger partial charge < -0.3 is 18.9 Å². The summed E-state index contributed by atoms with van der Waals surface area (Å²) in [6, 6.07) is 0. The first kappa shape index (κ1) is 34.0. The van der Waals surface area contributed by atoms with Crippen LogP contribution in [0.3, 0.4) is 0 Å².